The van der Waals surface area contributed by atoms with Gasteiger partial charge in [-0.2, -0.15) is 0 Å². The van der Waals surface area contributed by atoms with E-state index in [0.29, 0.717) is 6.42 Å². The van der Waals surface area contributed by atoms with Gasteiger partial charge in [0.05, 0.1) is 6.04 Å². The highest BCUT2D eigenvalue weighted by atomic mass is 35.5. The molecule has 1 aromatic carbocycles. The molecule has 0 N–H and O–H groups in total. The first-order chi connectivity index (χ1) is 8.27. The van der Waals surface area contributed by atoms with Crippen LogP contribution in [0.25, 0.3) is 0 Å². The fraction of sp³-hybridized carbons (Fsp3) is 0.462. The molecule has 0 spiro atoms. The van der Waals surface area contributed by atoms with Gasteiger partial charge in [0.25, 0.3) is 0 Å². The van der Waals surface area contributed by atoms with Gasteiger partial charge in [-0.3, -0.25) is 4.79 Å². The van der Waals surface area contributed by atoms with Crippen LogP contribution >= 0.6 is 11.6 Å². The molecule has 0 aromatic heterocycles. The summed E-state index contributed by atoms with van der Waals surface area (Å²) >= 11 is 5.51. The predicted octanol–water partition coefficient (Wildman–Crippen LogP) is 3.18. The Morgan fingerprint density at radius 2 is 2.12 bits per heavy atom. The Bertz CT molecular complexity index is 383. The summed E-state index contributed by atoms with van der Waals surface area (Å²) in [6, 6.07) is 7.10. The Balaban J connectivity index is 0.000000686. The fourth-order valence-corrected chi connectivity index (χ4v) is 2.11. The second-order valence-corrected chi connectivity index (χ2v) is 3.81. The maximum atomic E-state index is 12.8. The summed E-state index contributed by atoms with van der Waals surface area (Å²) in [5.41, 5.74) is 1.81. The van der Waals surface area contributed by atoms with Gasteiger partial charge >= 0.3 is 0 Å². The second-order valence-electron chi connectivity index (χ2n) is 3.54. The Hall–Kier alpha value is -1.09. The summed E-state index contributed by atoms with van der Waals surface area (Å²) in [5, 5.41) is 0. The molecular formula is C13H17ClFNO. The van der Waals surface area contributed by atoms with E-state index < -0.39 is 6.67 Å². The van der Waals surface area contributed by atoms with Crippen molar-refractivity contribution in [3.63, 3.8) is 0 Å². The van der Waals surface area contributed by atoms with E-state index in [4.69, 9.17) is 11.6 Å². The molecule has 4 heteroatoms. The fourth-order valence-electron chi connectivity index (χ4n) is 1.99. The molecule has 2 rings (SSSR count). The molecule has 0 fully saturated rings. The van der Waals surface area contributed by atoms with Crippen molar-refractivity contribution >= 4 is 23.2 Å². The molecule has 0 saturated carbocycles. The lowest BCUT2D eigenvalue weighted by Gasteiger charge is -2.22. The molecule has 0 radical (unpaired) electrons. The summed E-state index contributed by atoms with van der Waals surface area (Å²) in [5.74, 6) is -0.338. The quantitative estimate of drug-likeness (QED) is 0.746. The molecule has 1 aliphatic rings. The lowest BCUT2D eigenvalue weighted by molar-refractivity contribution is -0.116. The first kappa shape index (κ1) is 14.0. The highest BCUT2D eigenvalue weighted by Crippen LogP contribution is 2.32. The van der Waals surface area contributed by atoms with Crippen molar-refractivity contribution < 1.29 is 9.18 Å². The number of amides is 1. The molecule has 1 unspecified atom stereocenters. The minimum absolute atomic E-state index is 0.106. The second kappa shape index (κ2) is 6.60. The number of hydrogen-bond acceptors (Lipinski definition) is 1. The van der Waals surface area contributed by atoms with Crippen molar-refractivity contribution in [2.45, 2.75) is 26.3 Å². The SMILES string of the molecule is CC.O=C(CCl)N1c2ccccc2CC1CF. The maximum absolute atomic E-state index is 12.8. The molecule has 1 heterocycles. The van der Waals surface area contributed by atoms with E-state index in [0.717, 1.165) is 11.3 Å². The van der Waals surface area contributed by atoms with Crippen LogP contribution in [0.15, 0.2) is 24.3 Å². The smallest absolute Gasteiger partial charge is 0.242 e. The number of fused-ring (bicyclic) bond motifs is 1. The van der Waals surface area contributed by atoms with E-state index in [-0.39, 0.29) is 17.8 Å². The number of alkyl halides is 2. The van der Waals surface area contributed by atoms with Crippen LogP contribution in [-0.2, 0) is 11.2 Å². The first-order valence-corrected chi connectivity index (χ1v) is 6.33. The molecule has 1 aliphatic heterocycles. The van der Waals surface area contributed by atoms with E-state index in [9.17, 15) is 9.18 Å². The predicted molar refractivity (Wildman–Crippen MR) is 69.5 cm³/mol. The summed E-state index contributed by atoms with van der Waals surface area (Å²) in [7, 11) is 0. The number of para-hydroxylation sites is 1. The molecule has 0 bridgehead atoms. The van der Waals surface area contributed by atoms with Gasteiger partial charge in [-0.05, 0) is 18.1 Å². The molecule has 2 nitrogen and oxygen atoms in total. The van der Waals surface area contributed by atoms with Gasteiger partial charge in [-0.25, -0.2) is 4.39 Å². The Kier molecular flexibility index (Phi) is 5.42. The van der Waals surface area contributed by atoms with Crippen molar-refractivity contribution in [2.24, 2.45) is 0 Å². The van der Waals surface area contributed by atoms with E-state index >= 15 is 0 Å². The minimum Gasteiger partial charge on any atom is -0.305 e. The summed E-state index contributed by atoms with van der Waals surface area (Å²) in [4.78, 5) is 13.0. The maximum Gasteiger partial charge on any atom is 0.242 e. The van der Waals surface area contributed by atoms with Gasteiger partial charge in [0, 0.05) is 5.69 Å². The molecule has 0 saturated heterocycles. The van der Waals surface area contributed by atoms with Crippen molar-refractivity contribution in [3.8, 4) is 0 Å². The zero-order valence-corrected chi connectivity index (χ0v) is 10.9. The van der Waals surface area contributed by atoms with Crippen LogP contribution in [0.1, 0.15) is 19.4 Å². The molecule has 17 heavy (non-hydrogen) atoms. The molecule has 0 aliphatic carbocycles. The van der Waals surface area contributed by atoms with Gasteiger partial charge in [0.1, 0.15) is 12.6 Å². The zero-order chi connectivity index (χ0) is 12.8. The van der Waals surface area contributed by atoms with Crippen LogP contribution in [-0.4, -0.2) is 24.5 Å². The van der Waals surface area contributed by atoms with Crippen LogP contribution in [0.5, 0.6) is 0 Å². The van der Waals surface area contributed by atoms with Crippen LogP contribution in [0, 0.1) is 0 Å². The van der Waals surface area contributed by atoms with Crippen molar-refractivity contribution in [1.82, 2.24) is 0 Å². The molecular weight excluding hydrogens is 241 g/mol. The molecule has 1 atom stereocenters. The Labute approximate surface area is 106 Å². The summed E-state index contributed by atoms with van der Waals surface area (Å²) in [6.07, 6.45) is 0.579. The van der Waals surface area contributed by atoms with Crippen molar-refractivity contribution in [1.29, 1.82) is 0 Å². The van der Waals surface area contributed by atoms with E-state index in [2.05, 4.69) is 0 Å². The Morgan fingerprint density at radius 1 is 1.47 bits per heavy atom. The zero-order valence-electron chi connectivity index (χ0n) is 10.1. The highest BCUT2D eigenvalue weighted by molar-refractivity contribution is 6.29. The van der Waals surface area contributed by atoms with Crippen LogP contribution < -0.4 is 4.90 Å². The third-order valence-electron chi connectivity index (χ3n) is 2.63. The third kappa shape index (κ3) is 2.78. The van der Waals surface area contributed by atoms with Gasteiger partial charge in [0.2, 0.25) is 5.91 Å². The number of anilines is 1. The number of halogens is 2. The van der Waals surface area contributed by atoms with Gasteiger partial charge in [-0.15, -0.1) is 11.6 Å². The van der Waals surface area contributed by atoms with Crippen LogP contribution in [0.4, 0.5) is 10.1 Å². The topological polar surface area (TPSA) is 20.3 Å². The lowest BCUT2D eigenvalue weighted by atomic mass is 10.1. The number of hydrogen-bond donors (Lipinski definition) is 0. The normalized spacial score (nSPS) is 17.2. The number of carbonyl (C=O) groups excluding carboxylic acids is 1. The Morgan fingerprint density at radius 3 is 2.71 bits per heavy atom. The van der Waals surface area contributed by atoms with Gasteiger partial charge < -0.3 is 4.90 Å². The number of benzene rings is 1. The first-order valence-electron chi connectivity index (χ1n) is 5.80. The number of nitrogens with zero attached hydrogens (tertiary/aromatic N) is 1. The van der Waals surface area contributed by atoms with Gasteiger partial charge in [-0.1, -0.05) is 32.0 Å². The van der Waals surface area contributed by atoms with Crippen LogP contribution in [0.3, 0.4) is 0 Å². The van der Waals surface area contributed by atoms with Crippen molar-refractivity contribution in [2.75, 3.05) is 17.5 Å². The van der Waals surface area contributed by atoms with E-state index in [1.165, 1.54) is 4.90 Å². The highest BCUT2D eigenvalue weighted by Gasteiger charge is 2.32. The van der Waals surface area contributed by atoms with Gasteiger partial charge in [0.15, 0.2) is 0 Å². The molecule has 94 valence electrons. The van der Waals surface area contributed by atoms with E-state index in [1.807, 2.05) is 38.1 Å². The minimum atomic E-state index is -0.530. The largest absolute Gasteiger partial charge is 0.305 e. The standard InChI is InChI=1S/C11H11ClFNO.C2H6/c12-6-11(15)14-9(7-13)5-8-3-1-2-4-10(8)14;1-2/h1-4,9H,5-7H2;1-2H3. The lowest BCUT2D eigenvalue weighted by Crippen LogP contribution is -2.39. The number of rotatable bonds is 2. The van der Waals surface area contributed by atoms with E-state index in [1.54, 1.807) is 0 Å². The number of carbonyl (C=O) groups is 1. The van der Waals surface area contributed by atoms with Crippen LogP contribution in [0.2, 0.25) is 0 Å². The average Bonchev–Trinajstić information content (AvgIpc) is 2.78. The average molecular weight is 258 g/mol. The summed E-state index contributed by atoms with van der Waals surface area (Å²) in [6.45, 7) is 3.47. The molecule has 1 aromatic rings. The third-order valence-corrected chi connectivity index (χ3v) is 2.86. The monoisotopic (exact) mass is 257 g/mol. The van der Waals surface area contributed by atoms with Crippen molar-refractivity contribution in [3.05, 3.63) is 29.8 Å². The molecule has 1 amide bonds. The summed E-state index contributed by atoms with van der Waals surface area (Å²) < 4.78 is 12.8.